The Hall–Kier alpha value is -2.96. The summed E-state index contributed by atoms with van der Waals surface area (Å²) in [6.07, 6.45) is 3.34. The van der Waals surface area contributed by atoms with Gasteiger partial charge in [-0.2, -0.15) is 0 Å². The molecule has 0 atom stereocenters. The number of carbonyl (C=O) groups excluding carboxylic acids is 1. The summed E-state index contributed by atoms with van der Waals surface area (Å²) in [6, 6.07) is 5.98. The van der Waals surface area contributed by atoms with Crippen LogP contribution in [0.2, 0.25) is 0 Å². The van der Waals surface area contributed by atoms with E-state index in [1.165, 1.54) is 19.1 Å². The van der Waals surface area contributed by atoms with E-state index in [-0.39, 0.29) is 17.3 Å². The number of carbonyl (C=O) groups is 1. The van der Waals surface area contributed by atoms with Crippen LogP contribution in [0.5, 0.6) is 0 Å². The number of rotatable bonds is 3. The maximum absolute atomic E-state index is 13.9. The van der Waals surface area contributed by atoms with Gasteiger partial charge < -0.3 is 5.21 Å². The molecule has 7 heteroatoms. The van der Waals surface area contributed by atoms with E-state index in [0.29, 0.717) is 18.8 Å². The van der Waals surface area contributed by atoms with E-state index in [2.05, 4.69) is 10.1 Å². The highest BCUT2D eigenvalue weighted by atomic mass is 19.1. The highest BCUT2D eigenvalue weighted by Crippen LogP contribution is 2.28. The molecule has 1 fully saturated rings. The fourth-order valence-corrected chi connectivity index (χ4v) is 2.75. The van der Waals surface area contributed by atoms with Crippen LogP contribution in [0.1, 0.15) is 18.1 Å². The molecule has 0 aliphatic carbocycles. The first-order valence-electron chi connectivity index (χ1n) is 7.51. The van der Waals surface area contributed by atoms with Crippen molar-refractivity contribution in [3.8, 4) is 0 Å². The van der Waals surface area contributed by atoms with E-state index in [9.17, 15) is 9.18 Å². The molecule has 2 heterocycles. The van der Waals surface area contributed by atoms with Crippen molar-refractivity contribution in [3.63, 3.8) is 0 Å². The number of pyridine rings is 1. The number of hydrogen-bond acceptors (Lipinski definition) is 4. The number of oxime groups is 1. The molecule has 24 heavy (non-hydrogen) atoms. The van der Waals surface area contributed by atoms with Gasteiger partial charge in [0.05, 0.1) is 17.6 Å². The number of urea groups is 1. The smallest absolute Gasteiger partial charge is 0.329 e. The standard InChI is InChI=1S/C17H17FN4O2/c1-11-5-6-19-10-16(11)22-8-7-21(17(22)23)13-3-4-15(18)14(9-13)12(2)20-24/h3-6,9-10,24H,7-8H2,1-2H3/b20-12+. The Balaban J connectivity index is 1.93. The summed E-state index contributed by atoms with van der Waals surface area (Å²) >= 11 is 0. The fraction of sp³-hybridized carbons (Fsp3) is 0.235. The van der Waals surface area contributed by atoms with Crippen LogP contribution in [0.3, 0.4) is 0 Å². The van der Waals surface area contributed by atoms with Crippen LogP contribution < -0.4 is 9.80 Å². The minimum Gasteiger partial charge on any atom is -0.411 e. The predicted molar refractivity (Wildman–Crippen MR) is 89.5 cm³/mol. The van der Waals surface area contributed by atoms with Crippen molar-refractivity contribution < 1.29 is 14.4 Å². The van der Waals surface area contributed by atoms with Crippen molar-refractivity contribution in [1.29, 1.82) is 0 Å². The van der Waals surface area contributed by atoms with Crippen LogP contribution in [0.15, 0.2) is 41.8 Å². The Morgan fingerprint density at radius 2 is 2.04 bits per heavy atom. The number of nitrogens with zero attached hydrogens (tertiary/aromatic N) is 4. The molecule has 1 N–H and O–H groups in total. The van der Waals surface area contributed by atoms with E-state index >= 15 is 0 Å². The molecule has 0 radical (unpaired) electrons. The van der Waals surface area contributed by atoms with Crippen molar-refractivity contribution in [2.45, 2.75) is 13.8 Å². The van der Waals surface area contributed by atoms with E-state index < -0.39 is 5.82 Å². The SMILES string of the molecule is C/C(=N\O)c1cc(N2CCN(c3cnccc3C)C2=O)ccc1F. The summed E-state index contributed by atoms with van der Waals surface area (Å²) < 4.78 is 13.9. The molecule has 1 aliphatic rings. The molecular formula is C17H17FN4O2. The Morgan fingerprint density at radius 3 is 2.75 bits per heavy atom. The Labute approximate surface area is 138 Å². The van der Waals surface area contributed by atoms with E-state index in [0.717, 1.165) is 11.3 Å². The maximum atomic E-state index is 13.9. The molecule has 1 saturated heterocycles. The van der Waals surface area contributed by atoms with Crippen LogP contribution in [0.4, 0.5) is 20.6 Å². The van der Waals surface area contributed by atoms with Gasteiger partial charge in [0.15, 0.2) is 0 Å². The lowest BCUT2D eigenvalue weighted by Crippen LogP contribution is -2.32. The minimum atomic E-state index is -0.499. The Morgan fingerprint density at radius 1 is 1.29 bits per heavy atom. The minimum absolute atomic E-state index is 0.154. The first-order valence-corrected chi connectivity index (χ1v) is 7.51. The lowest BCUT2D eigenvalue weighted by Gasteiger charge is -2.20. The van der Waals surface area contributed by atoms with Crippen molar-refractivity contribution in [3.05, 3.63) is 53.6 Å². The van der Waals surface area contributed by atoms with Crippen molar-refractivity contribution in [1.82, 2.24) is 4.98 Å². The molecule has 1 aromatic carbocycles. The molecule has 0 spiro atoms. The fourth-order valence-electron chi connectivity index (χ4n) is 2.75. The second-order valence-electron chi connectivity index (χ2n) is 5.60. The monoisotopic (exact) mass is 328 g/mol. The average Bonchev–Trinajstić information content (AvgIpc) is 2.96. The molecule has 1 aromatic heterocycles. The van der Waals surface area contributed by atoms with Gasteiger partial charge in [0.25, 0.3) is 0 Å². The predicted octanol–water partition coefficient (Wildman–Crippen LogP) is 3.17. The van der Waals surface area contributed by atoms with Crippen LogP contribution in [-0.2, 0) is 0 Å². The van der Waals surface area contributed by atoms with Gasteiger partial charge in [-0.1, -0.05) is 5.16 Å². The lowest BCUT2D eigenvalue weighted by atomic mass is 10.1. The molecule has 6 nitrogen and oxygen atoms in total. The topological polar surface area (TPSA) is 69.0 Å². The zero-order chi connectivity index (χ0) is 17.3. The maximum Gasteiger partial charge on any atom is 0.329 e. The van der Waals surface area contributed by atoms with Crippen LogP contribution in [0.25, 0.3) is 0 Å². The number of benzene rings is 1. The molecule has 2 amide bonds. The first-order chi connectivity index (χ1) is 11.5. The molecule has 0 bridgehead atoms. The number of hydrogen-bond donors (Lipinski definition) is 1. The average molecular weight is 328 g/mol. The third-order valence-corrected chi connectivity index (χ3v) is 4.11. The number of amides is 2. The van der Waals surface area contributed by atoms with Crippen molar-refractivity contribution in [2.24, 2.45) is 5.16 Å². The van der Waals surface area contributed by atoms with Gasteiger partial charge in [-0.25, -0.2) is 9.18 Å². The lowest BCUT2D eigenvalue weighted by molar-refractivity contribution is 0.256. The number of aryl methyl sites for hydroxylation is 1. The Bertz CT molecular complexity index is 822. The van der Waals surface area contributed by atoms with Crippen LogP contribution in [-0.4, -0.2) is 35.0 Å². The van der Waals surface area contributed by atoms with Crippen LogP contribution >= 0.6 is 0 Å². The largest absolute Gasteiger partial charge is 0.411 e. The van der Waals surface area contributed by atoms with E-state index in [1.807, 2.05) is 13.0 Å². The molecule has 0 unspecified atom stereocenters. The van der Waals surface area contributed by atoms with Gasteiger partial charge in [-0.3, -0.25) is 14.8 Å². The second-order valence-corrected chi connectivity index (χ2v) is 5.60. The molecule has 1 aliphatic heterocycles. The van der Waals surface area contributed by atoms with Gasteiger partial charge >= 0.3 is 6.03 Å². The van der Waals surface area contributed by atoms with Gasteiger partial charge in [0, 0.05) is 30.5 Å². The third kappa shape index (κ3) is 2.68. The number of halogens is 1. The van der Waals surface area contributed by atoms with Crippen molar-refractivity contribution in [2.75, 3.05) is 22.9 Å². The Kier molecular flexibility index (Phi) is 4.16. The molecular weight excluding hydrogens is 311 g/mol. The zero-order valence-electron chi connectivity index (χ0n) is 13.4. The zero-order valence-corrected chi connectivity index (χ0v) is 13.4. The van der Waals surface area contributed by atoms with E-state index in [4.69, 9.17) is 5.21 Å². The highest BCUT2D eigenvalue weighted by molar-refractivity contribution is 6.07. The summed E-state index contributed by atoms with van der Waals surface area (Å²) in [6.45, 7) is 4.42. The summed E-state index contributed by atoms with van der Waals surface area (Å²) in [5.41, 5.74) is 2.60. The molecule has 124 valence electrons. The van der Waals surface area contributed by atoms with Gasteiger partial charge in [-0.15, -0.1) is 0 Å². The molecule has 0 saturated carbocycles. The first kappa shape index (κ1) is 15.9. The quantitative estimate of drug-likeness (QED) is 0.534. The molecule has 3 rings (SSSR count). The summed E-state index contributed by atoms with van der Waals surface area (Å²) in [5.74, 6) is -0.499. The highest BCUT2D eigenvalue weighted by Gasteiger charge is 2.32. The van der Waals surface area contributed by atoms with Crippen molar-refractivity contribution >= 4 is 23.1 Å². The number of anilines is 2. The summed E-state index contributed by atoms with van der Waals surface area (Å²) in [7, 11) is 0. The van der Waals surface area contributed by atoms with E-state index in [1.54, 1.807) is 28.3 Å². The second kappa shape index (κ2) is 6.27. The van der Waals surface area contributed by atoms with Gasteiger partial charge in [0.2, 0.25) is 0 Å². The van der Waals surface area contributed by atoms with Gasteiger partial charge in [-0.05, 0) is 43.7 Å². The van der Waals surface area contributed by atoms with Gasteiger partial charge in [0.1, 0.15) is 5.82 Å². The summed E-state index contributed by atoms with van der Waals surface area (Å²) in [4.78, 5) is 20.0. The number of aromatic nitrogens is 1. The normalized spacial score (nSPS) is 15.3. The summed E-state index contributed by atoms with van der Waals surface area (Å²) in [5, 5.41) is 11.9. The van der Waals surface area contributed by atoms with Crippen LogP contribution in [0, 0.1) is 12.7 Å². The third-order valence-electron chi connectivity index (χ3n) is 4.11. The molecule has 2 aromatic rings.